The summed E-state index contributed by atoms with van der Waals surface area (Å²) in [6, 6.07) is 11.1. The lowest BCUT2D eigenvalue weighted by molar-refractivity contribution is -0.116. The van der Waals surface area contributed by atoms with E-state index in [0.717, 1.165) is 46.9 Å². The maximum absolute atomic E-state index is 12.9. The minimum Gasteiger partial charge on any atom is -0.326 e. The van der Waals surface area contributed by atoms with E-state index in [2.05, 4.69) is 25.6 Å². The van der Waals surface area contributed by atoms with Crippen LogP contribution in [0.3, 0.4) is 0 Å². The fourth-order valence-corrected chi connectivity index (χ4v) is 5.52. The van der Waals surface area contributed by atoms with E-state index in [0.29, 0.717) is 17.1 Å². The lowest BCUT2D eigenvalue weighted by Crippen LogP contribution is -2.30. The summed E-state index contributed by atoms with van der Waals surface area (Å²) in [6.45, 7) is 0. The molecule has 0 radical (unpaired) electrons. The van der Waals surface area contributed by atoms with Crippen LogP contribution in [0.2, 0.25) is 0 Å². The summed E-state index contributed by atoms with van der Waals surface area (Å²) in [4.78, 5) is 30.4. The standard InChI is InChI=1S/C22H19N7O2S/c30-20(10-15-11-32-22-25-18-6-2-5-16(18)21(31)29(15)22)24-14-4-1-3-13(9-14)17-7-8-19-26-23-12-28(19)27-17/h1,3-4,7-9,12,15H,2,5-6,10-11H2,(H,24,30). The van der Waals surface area contributed by atoms with Crippen LogP contribution in [0.15, 0.2) is 52.7 Å². The number of nitrogens with zero attached hydrogens (tertiary/aromatic N) is 6. The van der Waals surface area contributed by atoms with Gasteiger partial charge in [-0.2, -0.15) is 9.61 Å². The van der Waals surface area contributed by atoms with Crippen molar-refractivity contribution in [2.24, 2.45) is 0 Å². The third kappa shape index (κ3) is 3.27. The molecule has 2 aliphatic rings. The van der Waals surface area contributed by atoms with Crippen molar-refractivity contribution in [2.45, 2.75) is 36.9 Å². The van der Waals surface area contributed by atoms with Gasteiger partial charge in [0.15, 0.2) is 10.8 Å². The first-order chi connectivity index (χ1) is 15.7. The molecule has 0 saturated heterocycles. The van der Waals surface area contributed by atoms with E-state index in [4.69, 9.17) is 0 Å². The molecular formula is C22H19N7O2S. The number of thioether (sulfide) groups is 1. The van der Waals surface area contributed by atoms with Crippen LogP contribution < -0.4 is 10.9 Å². The van der Waals surface area contributed by atoms with E-state index in [9.17, 15) is 9.59 Å². The van der Waals surface area contributed by atoms with Crippen LogP contribution in [0.1, 0.15) is 30.1 Å². The van der Waals surface area contributed by atoms with Gasteiger partial charge in [0.2, 0.25) is 5.91 Å². The van der Waals surface area contributed by atoms with E-state index in [1.807, 2.05) is 36.4 Å². The van der Waals surface area contributed by atoms with Gasteiger partial charge >= 0.3 is 0 Å². The number of carbonyl (C=O) groups excluding carboxylic acids is 1. The SMILES string of the molecule is O=C(CC1CSc2nc3c(c(=O)n21)CCC3)Nc1cccc(-c2ccc3nncn3n2)c1. The highest BCUT2D eigenvalue weighted by atomic mass is 32.2. The molecule has 1 aliphatic heterocycles. The van der Waals surface area contributed by atoms with E-state index < -0.39 is 0 Å². The smallest absolute Gasteiger partial charge is 0.257 e. The highest BCUT2D eigenvalue weighted by Crippen LogP contribution is 2.34. The third-order valence-corrected chi connectivity index (χ3v) is 6.99. The van der Waals surface area contributed by atoms with Gasteiger partial charge in [0, 0.05) is 29.0 Å². The Morgan fingerprint density at radius 3 is 3.09 bits per heavy atom. The molecule has 0 saturated carbocycles. The van der Waals surface area contributed by atoms with Crippen LogP contribution in [0, 0.1) is 0 Å². The summed E-state index contributed by atoms with van der Waals surface area (Å²) in [5.41, 5.74) is 4.77. The van der Waals surface area contributed by atoms with Crippen molar-refractivity contribution in [1.82, 2.24) is 29.4 Å². The number of aromatic nitrogens is 6. The zero-order valence-electron chi connectivity index (χ0n) is 17.1. The molecule has 1 atom stereocenters. The summed E-state index contributed by atoms with van der Waals surface area (Å²) < 4.78 is 3.33. The molecule has 1 aliphatic carbocycles. The molecule has 1 amide bonds. The molecule has 32 heavy (non-hydrogen) atoms. The first kappa shape index (κ1) is 19.2. The van der Waals surface area contributed by atoms with Crippen molar-refractivity contribution in [1.29, 1.82) is 0 Å². The number of fused-ring (bicyclic) bond motifs is 3. The number of aryl methyl sites for hydroxylation is 1. The monoisotopic (exact) mass is 445 g/mol. The van der Waals surface area contributed by atoms with Gasteiger partial charge in [-0.3, -0.25) is 14.2 Å². The number of rotatable bonds is 4. The second-order valence-electron chi connectivity index (χ2n) is 8.00. The molecule has 0 fully saturated rings. The Morgan fingerprint density at radius 2 is 2.16 bits per heavy atom. The average Bonchev–Trinajstić information content (AvgIpc) is 3.53. The topological polar surface area (TPSA) is 107 Å². The molecule has 160 valence electrons. The van der Waals surface area contributed by atoms with E-state index >= 15 is 0 Å². The van der Waals surface area contributed by atoms with Crippen LogP contribution in [-0.4, -0.2) is 41.0 Å². The number of amides is 1. The molecule has 6 rings (SSSR count). The van der Waals surface area contributed by atoms with Gasteiger partial charge in [0.05, 0.1) is 17.4 Å². The summed E-state index contributed by atoms with van der Waals surface area (Å²) >= 11 is 1.56. The van der Waals surface area contributed by atoms with Crippen LogP contribution in [-0.2, 0) is 17.6 Å². The van der Waals surface area contributed by atoms with E-state index in [1.165, 1.54) is 0 Å². The highest BCUT2D eigenvalue weighted by molar-refractivity contribution is 7.99. The Bertz CT molecular complexity index is 1430. The Kier molecular flexibility index (Phi) is 4.53. The summed E-state index contributed by atoms with van der Waals surface area (Å²) in [5.74, 6) is 0.553. The number of benzene rings is 1. The first-order valence-electron chi connectivity index (χ1n) is 10.5. The lowest BCUT2D eigenvalue weighted by atomic mass is 10.1. The van der Waals surface area contributed by atoms with Crippen LogP contribution in [0.4, 0.5) is 5.69 Å². The Balaban J connectivity index is 1.20. The van der Waals surface area contributed by atoms with Gasteiger partial charge in [-0.15, -0.1) is 10.2 Å². The maximum Gasteiger partial charge on any atom is 0.257 e. The van der Waals surface area contributed by atoms with Crippen LogP contribution in [0.25, 0.3) is 16.9 Å². The highest BCUT2D eigenvalue weighted by Gasteiger charge is 2.31. The molecule has 0 spiro atoms. The van der Waals surface area contributed by atoms with Crippen molar-refractivity contribution in [3.63, 3.8) is 0 Å². The molecule has 4 aromatic rings. The molecule has 1 unspecified atom stereocenters. The summed E-state index contributed by atoms with van der Waals surface area (Å²) in [6.07, 6.45) is 4.42. The number of nitrogens with one attached hydrogen (secondary N) is 1. The molecule has 4 heterocycles. The molecule has 1 N–H and O–H groups in total. The molecule has 3 aromatic heterocycles. The van der Waals surface area contributed by atoms with Crippen molar-refractivity contribution >= 4 is 29.0 Å². The van der Waals surface area contributed by atoms with Gasteiger partial charge < -0.3 is 5.32 Å². The Labute approximate surface area is 186 Å². The zero-order chi connectivity index (χ0) is 21.7. The van der Waals surface area contributed by atoms with Gasteiger partial charge in [0.1, 0.15) is 6.33 Å². The van der Waals surface area contributed by atoms with Gasteiger partial charge in [-0.05, 0) is 43.5 Å². The molecule has 9 nitrogen and oxygen atoms in total. The fraction of sp³-hybridized carbons (Fsp3) is 0.273. The largest absolute Gasteiger partial charge is 0.326 e. The molecule has 10 heteroatoms. The van der Waals surface area contributed by atoms with Crippen molar-refractivity contribution < 1.29 is 4.79 Å². The first-order valence-corrected chi connectivity index (χ1v) is 11.5. The Hall–Kier alpha value is -3.53. The number of carbonyl (C=O) groups is 1. The predicted molar refractivity (Wildman–Crippen MR) is 120 cm³/mol. The summed E-state index contributed by atoms with van der Waals surface area (Å²) in [7, 11) is 0. The maximum atomic E-state index is 12.9. The minimum absolute atomic E-state index is 0.0303. The second-order valence-corrected chi connectivity index (χ2v) is 8.99. The normalized spacial score (nSPS) is 16.8. The van der Waals surface area contributed by atoms with Crippen LogP contribution >= 0.6 is 11.8 Å². The van der Waals surface area contributed by atoms with Crippen molar-refractivity contribution in [2.75, 3.05) is 11.1 Å². The Morgan fingerprint density at radius 1 is 1.22 bits per heavy atom. The molecular weight excluding hydrogens is 426 g/mol. The third-order valence-electron chi connectivity index (χ3n) is 5.90. The molecule has 1 aromatic carbocycles. The van der Waals surface area contributed by atoms with E-state index in [1.54, 1.807) is 27.2 Å². The predicted octanol–water partition coefficient (Wildman–Crippen LogP) is 2.51. The minimum atomic E-state index is -0.179. The number of hydrogen-bond acceptors (Lipinski definition) is 7. The van der Waals surface area contributed by atoms with Crippen molar-refractivity contribution in [3.05, 3.63) is 64.3 Å². The average molecular weight is 446 g/mol. The van der Waals surface area contributed by atoms with Gasteiger partial charge in [-0.25, -0.2) is 4.98 Å². The quantitative estimate of drug-likeness (QED) is 0.481. The fourth-order valence-electron chi connectivity index (χ4n) is 4.37. The molecule has 0 bridgehead atoms. The van der Waals surface area contributed by atoms with E-state index in [-0.39, 0.29) is 23.9 Å². The second kappa shape index (κ2) is 7.56. The lowest BCUT2D eigenvalue weighted by Gasteiger charge is -2.14. The number of hydrogen-bond donors (Lipinski definition) is 1. The van der Waals surface area contributed by atoms with Gasteiger partial charge in [0.25, 0.3) is 5.56 Å². The van der Waals surface area contributed by atoms with Crippen molar-refractivity contribution in [3.8, 4) is 11.3 Å². The zero-order valence-corrected chi connectivity index (χ0v) is 17.9. The number of anilines is 1. The van der Waals surface area contributed by atoms with Crippen LogP contribution in [0.5, 0.6) is 0 Å². The summed E-state index contributed by atoms with van der Waals surface area (Å²) in [5, 5.41) is 16.0. The van der Waals surface area contributed by atoms with Gasteiger partial charge in [-0.1, -0.05) is 23.9 Å².